The number of rotatable bonds is 14. The van der Waals surface area contributed by atoms with Crippen LogP contribution in [0.2, 0.25) is 0 Å². The van der Waals surface area contributed by atoms with Gasteiger partial charge in [-0.15, -0.1) is 0 Å². The molecule has 0 saturated carbocycles. The highest BCUT2D eigenvalue weighted by molar-refractivity contribution is 5.78. The minimum Gasteiger partial charge on any atom is -0.493 e. The average molecular weight is 514 g/mol. The van der Waals surface area contributed by atoms with Gasteiger partial charge in [-0.1, -0.05) is 51.7 Å². The predicted octanol–water partition coefficient (Wildman–Crippen LogP) is 5.29. The highest BCUT2D eigenvalue weighted by Gasteiger charge is 2.34. The lowest BCUT2D eigenvalue weighted by Gasteiger charge is -2.24. The fraction of sp³-hybridized carbons (Fsp3) is 0.742. The maximum Gasteiger partial charge on any atom is 0.222 e. The van der Waals surface area contributed by atoms with Crippen molar-refractivity contribution in [2.24, 2.45) is 0 Å². The van der Waals surface area contributed by atoms with E-state index in [9.17, 15) is 9.59 Å². The molecule has 3 aliphatic rings. The quantitative estimate of drug-likeness (QED) is 0.250. The Hall–Kier alpha value is -1.92. The summed E-state index contributed by atoms with van der Waals surface area (Å²) in [5.41, 5.74) is 2.67. The molecule has 0 bridgehead atoms. The number of amides is 1. The van der Waals surface area contributed by atoms with Gasteiger partial charge in [0, 0.05) is 38.5 Å². The number of unbranched alkanes of at least 4 members (excludes halogenated alkanes) is 4. The predicted molar refractivity (Wildman–Crippen MR) is 151 cm³/mol. The standard InChI is InChI=1S/C20H26N2O3.C11H25N/c23-10-9-22-14-17(15-3-4-19-16(12-15)6-11-25-19)13-18(22)5-8-21-7-1-2-20(21)24;1-4-6-8-9-11-12(3)10-7-5-2/h3-4,10,12,17-18H,1-2,5-9,11,13-14H2;4-11H2,1-3H3. The summed E-state index contributed by atoms with van der Waals surface area (Å²) < 4.78 is 5.61. The third-order valence-corrected chi connectivity index (χ3v) is 8.21. The largest absolute Gasteiger partial charge is 0.493 e. The summed E-state index contributed by atoms with van der Waals surface area (Å²) in [6.07, 6.45) is 13.9. The maximum atomic E-state index is 11.8. The molecule has 1 aromatic carbocycles. The molecule has 0 aliphatic carbocycles. The molecule has 1 aromatic rings. The smallest absolute Gasteiger partial charge is 0.222 e. The molecule has 1 amide bonds. The number of likely N-dealkylation sites (tertiary alicyclic amines) is 2. The Kier molecular flexibility index (Phi) is 12.9. The van der Waals surface area contributed by atoms with Crippen LogP contribution in [0.25, 0.3) is 0 Å². The van der Waals surface area contributed by atoms with Gasteiger partial charge in [-0.05, 0) is 75.4 Å². The van der Waals surface area contributed by atoms with Crippen molar-refractivity contribution < 1.29 is 14.3 Å². The summed E-state index contributed by atoms with van der Waals surface area (Å²) in [5, 5.41) is 0. The fourth-order valence-corrected chi connectivity index (χ4v) is 5.90. The van der Waals surface area contributed by atoms with E-state index in [-0.39, 0.29) is 5.91 Å². The zero-order valence-electron chi connectivity index (χ0n) is 23.8. The van der Waals surface area contributed by atoms with Crippen molar-refractivity contribution in [1.82, 2.24) is 14.7 Å². The van der Waals surface area contributed by atoms with Gasteiger partial charge < -0.3 is 19.3 Å². The van der Waals surface area contributed by atoms with Gasteiger partial charge in [-0.3, -0.25) is 9.69 Å². The van der Waals surface area contributed by atoms with Gasteiger partial charge in [0.1, 0.15) is 12.0 Å². The normalized spacial score (nSPS) is 21.2. The molecule has 2 fully saturated rings. The van der Waals surface area contributed by atoms with E-state index in [1.54, 1.807) is 0 Å². The molecular formula is C31H51N3O3. The summed E-state index contributed by atoms with van der Waals surface area (Å²) in [7, 11) is 2.24. The van der Waals surface area contributed by atoms with Crippen molar-refractivity contribution in [2.45, 2.75) is 96.4 Å². The minimum atomic E-state index is 0.287. The van der Waals surface area contributed by atoms with E-state index in [0.29, 0.717) is 24.9 Å². The van der Waals surface area contributed by atoms with Crippen molar-refractivity contribution in [3.8, 4) is 5.75 Å². The number of nitrogens with zero attached hydrogens (tertiary/aromatic N) is 3. The zero-order valence-corrected chi connectivity index (χ0v) is 23.8. The first-order chi connectivity index (χ1) is 18.0. The molecule has 2 unspecified atom stereocenters. The Bertz CT molecular complexity index is 830. The molecule has 0 N–H and O–H groups in total. The van der Waals surface area contributed by atoms with Crippen LogP contribution in [-0.2, 0) is 16.0 Å². The van der Waals surface area contributed by atoms with Gasteiger partial charge in [0.15, 0.2) is 0 Å². The number of carbonyl (C=O) groups excluding carboxylic acids is 2. The lowest BCUT2D eigenvalue weighted by Crippen LogP contribution is -2.35. The molecule has 2 saturated heterocycles. The van der Waals surface area contributed by atoms with Crippen molar-refractivity contribution in [1.29, 1.82) is 0 Å². The van der Waals surface area contributed by atoms with E-state index in [1.807, 2.05) is 4.90 Å². The van der Waals surface area contributed by atoms with Crippen molar-refractivity contribution >= 4 is 12.2 Å². The Balaban J connectivity index is 0.000000270. The highest BCUT2D eigenvalue weighted by Crippen LogP contribution is 2.36. The Morgan fingerprint density at radius 1 is 1.08 bits per heavy atom. The average Bonchev–Trinajstić information content (AvgIpc) is 3.64. The van der Waals surface area contributed by atoms with Gasteiger partial charge in [-0.2, -0.15) is 0 Å². The molecule has 3 aliphatic heterocycles. The number of fused-ring (bicyclic) bond motifs is 1. The second-order valence-electron chi connectivity index (χ2n) is 11.2. The van der Waals surface area contributed by atoms with Crippen molar-refractivity contribution in [2.75, 3.05) is 52.9 Å². The molecule has 6 nitrogen and oxygen atoms in total. The van der Waals surface area contributed by atoms with Crippen LogP contribution in [0.3, 0.4) is 0 Å². The summed E-state index contributed by atoms with van der Waals surface area (Å²) >= 11 is 0. The van der Waals surface area contributed by atoms with Crippen molar-refractivity contribution in [3.63, 3.8) is 0 Å². The monoisotopic (exact) mass is 513 g/mol. The number of carbonyl (C=O) groups is 2. The van der Waals surface area contributed by atoms with Crippen LogP contribution in [0, 0.1) is 0 Å². The van der Waals surface area contributed by atoms with Gasteiger partial charge >= 0.3 is 0 Å². The van der Waals surface area contributed by atoms with Gasteiger partial charge in [0.25, 0.3) is 0 Å². The number of benzene rings is 1. The minimum absolute atomic E-state index is 0.287. The van der Waals surface area contributed by atoms with E-state index in [0.717, 1.165) is 64.0 Å². The van der Waals surface area contributed by atoms with Crippen LogP contribution in [0.4, 0.5) is 0 Å². The highest BCUT2D eigenvalue weighted by atomic mass is 16.5. The molecule has 37 heavy (non-hydrogen) atoms. The number of hydrogen-bond acceptors (Lipinski definition) is 5. The topological polar surface area (TPSA) is 53.1 Å². The van der Waals surface area contributed by atoms with E-state index in [2.05, 4.69) is 48.9 Å². The molecule has 6 heteroatoms. The van der Waals surface area contributed by atoms with E-state index in [1.165, 1.54) is 62.7 Å². The first-order valence-electron chi connectivity index (χ1n) is 14.9. The van der Waals surface area contributed by atoms with Crippen LogP contribution < -0.4 is 4.74 Å². The molecule has 0 aromatic heterocycles. The summed E-state index contributed by atoms with van der Waals surface area (Å²) in [5.74, 6) is 1.77. The summed E-state index contributed by atoms with van der Waals surface area (Å²) in [6.45, 7) is 11.0. The molecule has 0 radical (unpaired) electrons. The molecule has 3 heterocycles. The lowest BCUT2D eigenvalue weighted by atomic mass is 9.93. The Morgan fingerprint density at radius 3 is 2.62 bits per heavy atom. The Labute approximate surface area is 225 Å². The van der Waals surface area contributed by atoms with Gasteiger partial charge in [-0.25, -0.2) is 0 Å². The zero-order chi connectivity index (χ0) is 26.5. The third kappa shape index (κ3) is 9.40. The Morgan fingerprint density at radius 2 is 1.89 bits per heavy atom. The maximum absolute atomic E-state index is 11.8. The number of hydrogen-bond donors (Lipinski definition) is 0. The van der Waals surface area contributed by atoms with E-state index >= 15 is 0 Å². The molecule has 208 valence electrons. The van der Waals surface area contributed by atoms with Crippen LogP contribution in [-0.4, -0.2) is 85.9 Å². The molecule has 2 atom stereocenters. The summed E-state index contributed by atoms with van der Waals surface area (Å²) in [6, 6.07) is 6.95. The van der Waals surface area contributed by atoms with E-state index < -0.39 is 0 Å². The first kappa shape index (κ1) is 29.6. The summed E-state index contributed by atoms with van der Waals surface area (Å²) in [4.78, 5) is 29.7. The van der Waals surface area contributed by atoms with Gasteiger partial charge in [0.05, 0.1) is 13.2 Å². The van der Waals surface area contributed by atoms with Crippen molar-refractivity contribution in [3.05, 3.63) is 29.3 Å². The van der Waals surface area contributed by atoms with Crippen LogP contribution in [0.1, 0.15) is 95.1 Å². The van der Waals surface area contributed by atoms with Crippen LogP contribution >= 0.6 is 0 Å². The third-order valence-electron chi connectivity index (χ3n) is 8.21. The fourth-order valence-electron chi connectivity index (χ4n) is 5.90. The second kappa shape index (κ2) is 16.1. The number of aldehydes is 1. The molecular weight excluding hydrogens is 462 g/mol. The lowest BCUT2D eigenvalue weighted by molar-refractivity contribution is -0.127. The molecule has 0 spiro atoms. The first-order valence-corrected chi connectivity index (χ1v) is 14.9. The van der Waals surface area contributed by atoms with Gasteiger partial charge in [0.2, 0.25) is 5.91 Å². The van der Waals surface area contributed by atoms with Crippen LogP contribution in [0.15, 0.2) is 18.2 Å². The second-order valence-corrected chi connectivity index (χ2v) is 11.2. The number of ether oxygens (including phenoxy) is 1. The molecule has 4 rings (SSSR count). The van der Waals surface area contributed by atoms with Crippen LogP contribution in [0.5, 0.6) is 5.75 Å². The SMILES string of the molecule is CCCCCCN(C)CCCC.O=CCN1CC(c2ccc3c(c2)CCO3)CC1CCN1CCCC1=O. The van der Waals surface area contributed by atoms with E-state index in [4.69, 9.17) is 4.74 Å².